The average Bonchev–Trinajstić information content (AvgIpc) is 2.74. The zero-order chi connectivity index (χ0) is 15.3. The molecule has 0 fully saturated rings. The number of carboxylic acid groups (broad SMARTS) is 1. The molecule has 5 nitrogen and oxygen atoms in total. The highest BCUT2D eigenvalue weighted by Gasteiger charge is 2.23. The predicted octanol–water partition coefficient (Wildman–Crippen LogP) is 2.04. The first-order valence-corrected chi connectivity index (χ1v) is 7.44. The Balaban J connectivity index is 2.79. The summed E-state index contributed by atoms with van der Waals surface area (Å²) >= 11 is 1.34. The van der Waals surface area contributed by atoms with E-state index in [1.54, 1.807) is 0 Å². The van der Waals surface area contributed by atoms with Gasteiger partial charge in [0, 0.05) is 6.54 Å². The van der Waals surface area contributed by atoms with E-state index in [4.69, 9.17) is 5.11 Å². The molecule has 0 aliphatic heterocycles. The molecule has 1 heterocycles. The van der Waals surface area contributed by atoms with Crippen molar-refractivity contribution >= 4 is 23.2 Å². The van der Waals surface area contributed by atoms with Gasteiger partial charge in [0.05, 0.1) is 4.88 Å². The van der Waals surface area contributed by atoms with Crippen molar-refractivity contribution in [1.82, 2.24) is 10.2 Å². The Hall–Kier alpha value is -1.40. The molecule has 1 rings (SSSR count). The second-order valence-corrected chi connectivity index (χ2v) is 6.42. The third kappa shape index (κ3) is 4.94. The third-order valence-corrected chi connectivity index (χ3v) is 3.71. The van der Waals surface area contributed by atoms with Crippen LogP contribution in [-0.4, -0.2) is 42.0 Å². The molecule has 20 heavy (non-hydrogen) atoms. The number of hydrogen-bond acceptors (Lipinski definition) is 4. The van der Waals surface area contributed by atoms with E-state index in [1.807, 2.05) is 44.3 Å². The summed E-state index contributed by atoms with van der Waals surface area (Å²) in [6.07, 6.45) is 0.426. The van der Waals surface area contributed by atoms with Crippen molar-refractivity contribution in [2.75, 3.05) is 14.1 Å². The molecule has 0 bridgehead atoms. The van der Waals surface area contributed by atoms with Gasteiger partial charge in [0.25, 0.3) is 5.91 Å². The largest absolute Gasteiger partial charge is 0.480 e. The molecule has 0 unspecified atom stereocenters. The zero-order valence-electron chi connectivity index (χ0n) is 12.3. The van der Waals surface area contributed by atoms with Gasteiger partial charge in [-0.2, -0.15) is 0 Å². The van der Waals surface area contributed by atoms with Gasteiger partial charge in [-0.1, -0.05) is 13.8 Å². The number of hydrogen-bond donors (Lipinski definition) is 2. The van der Waals surface area contributed by atoms with Gasteiger partial charge in [-0.25, -0.2) is 4.79 Å². The van der Waals surface area contributed by atoms with Crippen molar-refractivity contribution in [3.8, 4) is 0 Å². The number of carbonyl (C=O) groups is 2. The topological polar surface area (TPSA) is 69.6 Å². The summed E-state index contributed by atoms with van der Waals surface area (Å²) in [4.78, 5) is 26.0. The normalized spacial score (nSPS) is 12.7. The number of carboxylic acids is 1. The number of aliphatic carboxylic acids is 1. The van der Waals surface area contributed by atoms with Crippen molar-refractivity contribution in [2.45, 2.75) is 32.9 Å². The van der Waals surface area contributed by atoms with Crippen LogP contribution >= 0.6 is 11.3 Å². The van der Waals surface area contributed by atoms with E-state index in [9.17, 15) is 9.59 Å². The van der Waals surface area contributed by atoms with E-state index >= 15 is 0 Å². The number of carbonyl (C=O) groups excluding carboxylic acids is 1. The Morgan fingerprint density at radius 3 is 2.55 bits per heavy atom. The van der Waals surface area contributed by atoms with E-state index in [2.05, 4.69) is 5.32 Å². The molecule has 2 N–H and O–H groups in total. The summed E-state index contributed by atoms with van der Waals surface area (Å²) in [5.41, 5.74) is 0.922. The van der Waals surface area contributed by atoms with Gasteiger partial charge in [0.2, 0.25) is 0 Å². The molecule has 112 valence electrons. The summed E-state index contributed by atoms with van der Waals surface area (Å²) in [6.45, 7) is 4.53. The minimum absolute atomic E-state index is 0.209. The van der Waals surface area contributed by atoms with Gasteiger partial charge in [-0.05, 0) is 43.4 Å². The monoisotopic (exact) mass is 298 g/mol. The van der Waals surface area contributed by atoms with Crippen molar-refractivity contribution < 1.29 is 14.7 Å². The van der Waals surface area contributed by atoms with Gasteiger partial charge in [0.15, 0.2) is 0 Å². The van der Waals surface area contributed by atoms with Crippen LogP contribution in [0.4, 0.5) is 0 Å². The van der Waals surface area contributed by atoms with Gasteiger partial charge < -0.3 is 15.3 Å². The van der Waals surface area contributed by atoms with Crippen molar-refractivity contribution in [1.29, 1.82) is 0 Å². The smallest absolute Gasteiger partial charge is 0.326 e. The Morgan fingerprint density at radius 2 is 2.05 bits per heavy atom. The summed E-state index contributed by atoms with van der Waals surface area (Å²) in [7, 11) is 3.86. The van der Waals surface area contributed by atoms with Crippen LogP contribution in [0.1, 0.15) is 35.5 Å². The van der Waals surface area contributed by atoms with E-state index in [1.165, 1.54) is 11.3 Å². The number of amides is 1. The minimum Gasteiger partial charge on any atom is -0.480 e. The highest BCUT2D eigenvalue weighted by Crippen LogP contribution is 2.18. The van der Waals surface area contributed by atoms with Crippen LogP contribution in [0.25, 0.3) is 0 Å². The van der Waals surface area contributed by atoms with Crippen LogP contribution in [0, 0.1) is 5.92 Å². The summed E-state index contributed by atoms with van der Waals surface area (Å²) in [6, 6.07) is 1.06. The molecule has 0 saturated heterocycles. The molecule has 0 aliphatic rings. The molecular weight excluding hydrogens is 276 g/mol. The van der Waals surface area contributed by atoms with Gasteiger partial charge >= 0.3 is 5.97 Å². The summed E-state index contributed by atoms with van der Waals surface area (Å²) in [5, 5.41) is 13.6. The highest BCUT2D eigenvalue weighted by molar-refractivity contribution is 7.12. The SMILES string of the molecule is CC(C)C[C@@H](NC(=O)c1sccc1CN(C)C)C(=O)O. The lowest BCUT2D eigenvalue weighted by Crippen LogP contribution is -2.41. The van der Waals surface area contributed by atoms with Crippen molar-refractivity contribution in [3.05, 3.63) is 21.9 Å². The maximum atomic E-state index is 12.2. The lowest BCUT2D eigenvalue weighted by atomic mass is 10.0. The van der Waals surface area contributed by atoms with E-state index in [-0.39, 0.29) is 11.8 Å². The van der Waals surface area contributed by atoms with Gasteiger partial charge in [0.1, 0.15) is 6.04 Å². The predicted molar refractivity (Wildman–Crippen MR) is 80.1 cm³/mol. The van der Waals surface area contributed by atoms with E-state index in [0.29, 0.717) is 17.8 Å². The molecule has 6 heteroatoms. The fourth-order valence-electron chi connectivity index (χ4n) is 1.92. The van der Waals surface area contributed by atoms with E-state index in [0.717, 1.165) is 5.56 Å². The molecule has 0 spiro atoms. The highest BCUT2D eigenvalue weighted by atomic mass is 32.1. The Bertz CT molecular complexity index is 469. The zero-order valence-corrected chi connectivity index (χ0v) is 13.2. The Labute approximate surface area is 123 Å². The fourth-order valence-corrected chi connectivity index (χ4v) is 2.74. The maximum absolute atomic E-state index is 12.2. The van der Waals surface area contributed by atoms with Crippen LogP contribution in [0.5, 0.6) is 0 Å². The maximum Gasteiger partial charge on any atom is 0.326 e. The van der Waals surface area contributed by atoms with Gasteiger partial charge in [-0.3, -0.25) is 4.79 Å². The Kier molecular flexibility index (Phi) is 6.16. The first-order chi connectivity index (χ1) is 9.31. The summed E-state index contributed by atoms with van der Waals surface area (Å²) in [5.74, 6) is -1.08. The number of rotatable bonds is 7. The van der Waals surface area contributed by atoms with Crippen LogP contribution in [0.2, 0.25) is 0 Å². The average molecular weight is 298 g/mol. The van der Waals surface area contributed by atoms with E-state index < -0.39 is 12.0 Å². The van der Waals surface area contributed by atoms with Gasteiger partial charge in [-0.15, -0.1) is 11.3 Å². The van der Waals surface area contributed by atoms with Crippen molar-refractivity contribution in [2.24, 2.45) is 5.92 Å². The Morgan fingerprint density at radius 1 is 1.40 bits per heavy atom. The third-order valence-electron chi connectivity index (χ3n) is 2.75. The first kappa shape index (κ1) is 16.7. The molecule has 0 aromatic carbocycles. The molecule has 0 radical (unpaired) electrons. The first-order valence-electron chi connectivity index (χ1n) is 6.56. The fraction of sp³-hybridized carbons (Fsp3) is 0.571. The van der Waals surface area contributed by atoms with Crippen LogP contribution < -0.4 is 5.32 Å². The van der Waals surface area contributed by atoms with Crippen LogP contribution in [0.15, 0.2) is 11.4 Å². The molecule has 1 amide bonds. The van der Waals surface area contributed by atoms with Crippen molar-refractivity contribution in [3.63, 3.8) is 0 Å². The molecule has 0 saturated carbocycles. The molecule has 1 aromatic heterocycles. The molecule has 0 aliphatic carbocycles. The quantitative estimate of drug-likeness (QED) is 0.808. The molecular formula is C14H22N2O3S. The number of nitrogens with one attached hydrogen (secondary N) is 1. The second kappa shape index (κ2) is 7.40. The van der Waals surface area contributed by atoms with Crippen LogP contribution in [-0.2, 0) is 11.3 Å². The number of thiophene rings is 1. The lowest BCUT2D eigenvalue weighted by molar-refractivity contribution is -0.139. The standard InChI is InChI=1S/C14H22N2O3S/c1-9(2)7-11(14(18)19)15-13(17)12-10(5-6-20-12)8-16(3)4/h5-6,9,11H,7-8H2,1-4H3,(H,15,17)(H,18,19)/t11-/m1/s1. The number of nitrogens with zero attached hydrogens (tertiary/aromatic N) is 1. The molecule has 1 atom stereocenters. The molecule has 1 aromatic rings. The summed E-state index contributed by atoms with van der Waals surface area (Å²) < 4.78 is 0. The second-order valence-electron chi connectivity index (χ2n) is 5.51. The van der Waals surface area contributed by atoms with Crippen LogP contribution in [0.3, 0.4) is 0 Å². The lowest BCUT2D eigenvalue weighted by Gasteiger charge is -2.17. The minimum atomic E-state index is -0.988.